The van der Waals surface area contributed by atoms with Gasteiger partial charge < -0.3 is 19.3 Å². The fourth-order valence-corrected chi connectivity index (χ4v) is 4.06. The normalized spacial score (nSPS) is 24.8. The molecule has 0 heterocycles. The van der Waals surface area contributed by atoms with Crippen LogP contribution in [0.4, 0.5) is 0 Å². The second-order valence-electron chi connectivity index (χ2n) is 7.97. The lowest BCUT2D eigenvalue weighted by molar-refractivity contribution is -0.133. The highest BCUT2D eigenvalue weighted by Crippen LogP contribution is 2.35. The highest BCUT2D eigenvalue weighted by atomic mass is 16.6. The van der Waals surface area contributed by atoms with Crippen LogP contribution >= 0.6 is 0 Å². The maximum Gasteiger partial charge on any atom is 0.114 e. The van der Waals surface area contributed by atoms with Crippen LogP contribution in [0.5, 0.6) is 0 Å². The van der Waals surface area contributed by atoms with Crippen LogP contribution in [0.25, 0.3) is 0 Å². The van der Waals surface area contributed by atoms with Gasteiger partial charge in [-0.05, 0) is 16.7 Å². The molecule has 4 nitrogen and oxygen atoms in total. The van der Waals surface area contributed by atoms with Crippen molar-refractivity contribution in [2.45, 2.75) is 44.2 Å². The lowest BCUT2D eigenvalue weighted by atomic mass is 10.0. The average Bonchev–Trinajstić information content (AvgIpc) is 3.11. The van der Waals surface area contributed by atoms with Gasteiger partial charge >= 0.3 is 0 Å². The topological polar surface area (TPSA) is 47.9 Å². The van der Waals surface area contributed by atoms with E-state index in [1.165, 1.54) is 0 Å². The van der Waals surface area contributed by atoms with Crippen molar-refractivity contribution in [3.05, 3.63) is 108 Å². The van der Waals surface area contributed by atoms with Gasteiger partial charge in [0.1, 0.15) is 18.3 Å². The van der Waals surface area contributed by atoms with E-state index in [1.54, 1.807) is 0 Å². The van der Waals surface area contributed by atoms with Crippen LogP contribution < -0.4 is 0 Å². The van der Waals surface area contributed by atoms with Crippen LogP contribution in [0.1, 0.15) is 16.7 Å². The molecule has 3 aromatic carbocycles. The SMILES string of the molecule is C#C[C@@H]1[C@H](O)[C@H](OCc2ccccc2)[C@@H](OCc2ccccc2)[C@H]1OCc1ccccc1. The lowest BCUT2D eigenvalue weighted by Crippen LogP contribution is -2.38. The van der Waals surface area contributed by atoms with Crippen molar-refractivity contribution in [2.75, 3.05) is 0 Å². The van der Waals surface area contributed by atoms with Crippen molar-refractivity contribution in [1.82, 2.24) is 0 Å². The summed E-state index contributed by atoms with van der Waals surface area (Å²) in [5, 5.41) is 11.0. The predicted molar refractivity (Wildman–Crippen MR) is 123 cm³/mol. The van der Waals surface area contributed by atoms with Gasteiger partial charge in [-0.2, -0.15) is 0 Å². The van der Waals surface area contributed by atoms with E-state index in [-0.39, 0.29) is 0 Å². The maximum absolute atomic E-state index is 11.0. The standard InChI is InChI=1S/C28H28O4/c1-2-24-25(29)27(31-19-22-14-8-4-9-15-22)28(32-20-23-16-10-5-11-17-23)26(24)30-18-21-12-6-3-7-13-21/h1,3-17,24-29H,18-20H2/t24-,25+,26+,27+,28+/m1/s1. The third kappa shape index (κ3) is 5.45. The molecule has 0 radical (unpaired) electrons. The van der Waals surface area contributed by atoms with Crippen LogP contribution in [0, 0.1) is 18.3 Å². The summed E-state index contributed by atoms with van der Waals surface area (Å²) in [6.45, 7) is 1.12. The number of rotatable bonds is 9. The molecule has 32 heavy (non-hydrogen) atoms. The van der Waals surface area contributed by atoms with Gasteiger partial charge in [-0.1, -0.05) is 96.9 Å². The van der Waals surface area contributed by atoms with E-state index in [0.29, 0.717) is 19.8 Å². The number of benzene rings is 3. The van der Waals surface area contributed by atoms with E-state index >= 15 is 0 Å². The van der Waals surface area contributed by atoms with Crippen molar-refractivity contribution in [3.8, 4) is 12.3 Å². The highest BCUT2D eigenvalue weighted by Gasteiger charge is 2.52. The van der Waals surface area contributed by atoms with E-state index in [2.05, 4.69) is 5.92 Å². The molecule has 3 aromatic rings. The Morgan fingerprint density at radius 1 is 0.594 bits per heavy atom. The van der Waals surface area contributed by atoms with E-state index in [4.69, 9.17) is 20.6 Å². The summed E-state index contributed by atoms with van der Waals surface area (Å²) in [4.78, 5) is 0. The molecule has 0 spiro atoms. The molecule has 0 aromatic heterocycles. The van der Waals surface area contributed by atoms with Gasteiger partial charge in [-0.3, -0.25) is 0 Å². The number of aliphatic hydroxyl groups is 1. The minimum Gasteiger partial charge on any atom is -0.389 e. The Kier molecular flexibility index (Phi) is 7.71. The Morgan fingerprint density at radius 2 is 0.969 bits per heavy atom. The van der Waals surface area contributed by atoms with Crippen molar-refractivity contribution >= 4 is 0 Å². The van der Waals surface area contributed by atoms with Gasteiger partial charge in [0, 0.05) is 0 Å². The quantitative estimate of drug-likeness (QED) is 0.515. The molecule has 0 unspecified atom stereocenters. The maximum atomic E-state index is 11.0. The minimum atomic E-state index is -0.884. The number of aliphatic hydroxyl groups excluding tert-OH is 1. The molecule has 1 N–H and O–H groups in total. The molecule has 1 saturated carbocycles. The Labute approximate surface area is 189 Å². The zero-order chi connectivity index (χ0) is 22.2. The summed E-state index contributed by atoms with van der Waals surface area (Å²) >= 11 is 0. The Balaban J connectivity index is 1.52. The Hall–Kier alpha value is -2.94. The average molecular weight is 429 g/mol. The van der Waals surface area contributed by atoms with Crippen molar-refractivity contribution in [3.63, 3.8) is 0 Å². The molecule has 0 amide bonds. The van der Waals surface area contributed by atoms with Gasteiger partial charge in [0.15, 0.2) is 0 Å². The van der Waals surface area contributed by atoms with E-state index in [1.807, 2.05) is 91.0 Å². The van der Waals surface area contributed by atoms with Gasteiger partial charge in [0.2, 0.25) is 0 Å². The molecule has 4 heteroatoms. The molecule has 1 aliphatic carbocycles. The third-order valence-corrected chi connectivity index (χ3v) is 5.75. The first kappa shape index (κ1) is 22.3. The van der Waals surface area contributed by atoms with E-state index in [0.717, 1.165) is 16.7 Å². The van der Waals surface area contributed by atoms with Crippen LogP contribution in [0.15, 0.2) is 91.0 Å². The first-order valence-corrected chi connectivity index (χ1v) is 10.9. The monoisotopic (exact) mass is 428 g/mol. The zero-order valence-electron chi connectivity index (χ0n) is 17.9. The number of terminal acetylenes is 1. The molecule has 4 rings (SSSR count). The van der Waals surface area contributed by atoms with Gasteiger partial charge in [0.05, 0.1) is 31.8 Å². The molecule has 1 aliphatic rings. The second-order valence-corrected chi connectivity index (χ2v) is 7.97. The molecule has 164 valence electrons. The summed E-state index contributed by atoms with van der Waals surface area (Å²) in [7, 11) is 0. The van der Waals surface area contributed by atoms with Crippen LogP contribution in [0.2, 0.25) is 0 Å². The minimum absolute atomic E-state index is 0.358. The first-order valence-electron chi connectivity index (χ1n) is 10.9. The number of hydrogen-bond acceptors (Lipinski definition) is 4. The zero-order valence-corrected chi connectivity index (χ0v) is 17.9. The lowest BCUT2D eigenvalue weighted by Gasteiger charge is -2.26. The van der Waals surface area contributed by atoms with Gasteiger partial charge in [-0.25, -0.2) is 0 Å². The van der Waals surface area contributed by atoms with Crippen molar-refractivity contribution < 1.29 is 19.3 Å². The van der Waals surface area contributed by atoms with Crippen molar-refractivity contribution in [1.29, 1.82) is 0 Å². The van der Waals surface area contributed by atoms with Gasteiger partial charge in [-0.15, -0.1) is 6.42 Å². The molecule has 0 bridgehead atoms. The summed E-state index contributed by atoms with van der Waals surface area (Å²) in [5.74, 6) is 2.19. The van der Waals surface area contributed by atoms with E-state index < -0.39 is 30.3 Å². The molecular formula is C28H28O4. The van der Waals surface area contributed by atoms with Gasteiger partial charge in [0.25, 0.3) is 0 Å². The molecular weight excluding hydrogens is 400 g/mol. The largest absolute Gasteiger partial charge is 0.389 e. The van der Waals surface area contributed by atoms with Crippen molar-refractivity contribution in [2.24, 2.45) is 5.92 Å². The van der Waals surface area contributed by atoms with Crippen LogP contribution in [0.3, 0.4) is 0 Å². The third-order valence-electron chi connectivity index (χ3n) is 5.75. The summed E-state index contributed by atoms with van der Waals surface area (Å²) in [6, 6.07) is 29.7. The summed E-state index contributed by atoms with van der Waals surface area (Å²) in [5.41, 5.74) is 3.09. The fraction of sp³-hybridized carbons (Fsp3) is 0.286. The first-order chi connectivity index (χ1) is 15.8. The smallest absolute Gasteiger partial charge is 0.114 e. The molecule has 0 saturated heterocycles. The summed E-state index contributed by atoms with van der Waals surface area (Å²) < 4.78 is 18.7. The predicted octanol–water partition coefficient (Wildman–Crippen LogP) is 4.37. The molecule has 1 fully saturated rings. The van der Waals surface area contributed by atoms with Crippen LogP contribution in [-0.2, 0) is 34.0 Å². The number of hydrogen-bond donors (Lipinski definition) is 1. The fourth-order valence-electron chi connectivity index (χ4n) is 4.06. The van der Waals surface area contributed by atoms with Crippen LogP contribution in [-0.4, -0.2) is 29.5 Å². The summed E-state index contributed by atoms with van der Waals surface area (Å²) in [6.07, 6.45) is 3.35. The van der Waals surface area contributed by atoms with E-state index in [9.17, 15) is 5.11 Å². The highest BCUT2D eigenvalue weighted by molar-refractivity contribution is 5.18. The second kappa shape index (κ2) is 11.1. The number of ether oxygens (including phenoxy) is 3. The molecule has 5 atom stereocenters. The molecule has 0 aliphatic heterocycles. The Morgan fingerprint density at radius 3 is 1.38 bits per heavy atom. The Bertz CT molecular complexity index is 984.